The Hall–Kier alpha value is -2.43. The molecule has 10 heteroatoms. The Balaban J connectivity index is 1.49. The van der Waals surface area contributed by atoms with Gasteiger partial charge in [-0.25, -0.2) is 18.8 Å². The van der Waals surface area contributed by atoms with E-state index in [0.29, 0.717) is 19.0 Å². The number of nitrogens with zero attached hydrogens (tertiary/aromatic N) is 3. The normalized spacial score (nSPS) is 21.9. The lowest BCUT2D eigenvalue weighted by Crippen LogP contribution is -2.27. The van der Waals surface area contributed by atoms with Crippen molar-refractivity contribution in [1.29, 1.82) is 0 Å². The zero-order chi connectivity index (χ0) is 22.7. The van der Waals surface area contributed by atoms with Gasteiger partial charge in [0, 0.05) is 18.7 Å². The lowest BCUT2D eigenvalue weighted by molar-refractivity contribution is 0.132. The summed E-state index contributed by atoms with van der Waals surface area (Å²) in [6.45, 7) is 4.91. The Labute approximate surface area is 188 Å². The van der Waals surface area contributed by atoms with Gasteiger partial charge in [-0.3, -0.25) is 0 Å². The highest BCUT2D eigenvalue weighted by Crippen LogP contribution is 2.44. The van der Waals surface area contributed by atoms with Gasteiger partial charge in [0.25, 0.3) is 0 Å². The van der Waals surface area contributed by atoms with Crippen molar-refractivity contribution in [3.8, 4) is 5.88 Å². The first-order valence-corrected chi connectivity index (χ1v) is 12.5. The maximum absolute atomic E-state index is 13.3. The molecule has 0 bridgehead atoms. The van der Waals surface area contributed by atoms with Crippen LogP contribution >= 0.6 is 0 Å². The molecule has 0 saturated heterocycles. The number of hydrogen-bond acceptors (Lipinski definition) is 5. The van der Waals surface area contributed by atoms with Crippen LogP contribution in [0.15, 0.2) is 21.5 Å². The molecule has 9 nitrogen and oxygen atoms in total. The van der Waals surface area contributed by atoms with Gasteiger partial charge < -0.3 is 14.8 Å². The summed E-state index contributed by atoms with van der Waals surface area (Å²) in [7, 11) is -1.84. The maximum atomic E-state index is 13.3. The first kappa shape index (κ1) is 21.4. The highest BCUT2D eigenvalue weighted by molar-refractivity contribution is 7.91. The molecule has 2 aliphatic carbocycles. The van der Waals surface area contributed by atoms with Crippen LogP contribution in [0.2, 0.25) is 0 Å². The molecule has 2 amide bonds. The topological polar surface area (TPSA) is 121 Å². The molecular weight excluding hydrogens is 430 g/mol. The van der Waals surface area contributed by atoms with Crippen LogP contribution in [-0.4, -0.2) is 39.3 Å². The van der Waals surface area contributed by atoms with E-state index in [4.69, 9.17) is 14.6 Å². The second kappa shape index (κ2) is 7.57. The minimum atomic E-state index is -3.53. The van der Waals surface area contributed by atoms with Crippen LogP contribution in [0.1, 0.15) is 54.9 Å². The number of methoxy groups -OCH3 is 1. The zero-order valence-electron chi connectivity index (χ0n) is 18.6. The third-order valence-corrected chi connectivity index (χ3v) is 7.84. The van der Waals surface area contributed by atoms with Gasteiger partial charge in [-0.1, -0.05) is 6.07 Å². The molecule has 0 unspecified atom stereocenters. The van der Waals surface area contributed by atoms with E-state index in [1.165, 1.54) is 17.3 Å². The molecule has 0 spiro atoms. The van der Waals surface area contributed by atoms with Gasteiger partial charge in [0.05, 0.1) is 19.3 Å². The van der Waals surface area contributed by atoms with E-state index in [2.05, 4.69) is 20.8 Å². The van der Waals surface area contributed by atoms with Crippen molar-refractivity contribution < 1.29 is 18.5 Å². The predicted molar refractivity (Wildman–Crippen MR) is 120 cm³/mol. The minimum Gasteiger partial charge on any atom is -0.469 e. The quantitative estimate of drug-likeness (QED) is 0.728. The molecule has 1 aromatic heterocycles. The number of fused-ring (bicyclic) bond motifs is 3. The number of aromatic nitrogens is 2. The number of carbonyl (C=O) groups excluding carboxylic acids is 1. The third-order valence-electron chi connectivity index (χ3n) is 6.49. The van der Waals surface area contributed by atoms with E-state index >= 15 is 0 Å². The summed E-state index contributed by atoms with van der Waals surface area (Å²) in [5, 5.41) is 13.2. The molecule has 0 fully saturated rings. The van der Waals surface area contributed by atoms with Crippen molar-refractivity contribution in [2.45, 2.75) is 68.9 Å². The monoisotopic (exact) mass is 459 g/mol. The molecule has 2 atom stereocenters. The second-order valence-corrected chi connectivity index (χ2v) is 11.2. The van der Waals surface area contributed by atoms with E-state index in [9.17, 15) is 9.00 Å². The molecule has 0 radical (unpaired) electrons. The summed E-state index contributed by atoms with van der Waals surface area (Å²) >= 11 is 0. The Bertz CT molecular complexity index is 1230. The van der Waals surface area contributed by atoms with Crippen molar-refractivity contribution in [3.05, 3.63) is 34.5 Å². The molecule has 3 aliphatic rings. The van der Waals surface area contributed by atoms with Gasteiger partial charge in [-0.15, -0.1) is 4.36 Å². The fourth-order valence-electron chi connectivity index (χ4n) is 5.21. The van der Waals surface area contributed by atoms with E-state index in [0.717, 1.165) is 48.9 Å². The molecule has 2 heterocycles. The summed E-state index contributed by atoms with van der Waals surface area (Å²) in [4.78, 5) is 13.1. The van der Waals surface area contributed by atoms with Crippen molar-refractivity contribution in [3.63, 3.8) is 0 Å². The van der Waals surface area contributed by atoms with Gasteiger partial charge in [-0.05, 0) is 68.2 Å². The summed E-state index contributed by atoms with van der Waals surface area (Å²) in [5.41, 5.74) is 5.11. The molecule has 0 saturated carbocycles. The van der Waals surface area contributed by atoms with Crippen LogP contribution in [0.4, 0.5) is 10.5 Å². The molecule has 32 heavy (non-hydrogen) atoms. The molecule has 3 N–H and O–H groups in total. The number of urea groups is 1. The van der Waals surface area contributed by atoms with Crippen LogP contribution in [0, 0.1) is 0 Å². The van der Waals surface area contributed by atoms with E-state index < -0.39 is 21.5 Å². The van der Waals surface area contributed by atoms with Crippen LogP contribution in [0.25, 0.3) is 0 Å². The predicted octanol–water partition coefficient (Wildman–Crippen LogP) is 3.15. The molecular formula is C22H29N5O4S. The number of anilines is 1. The summed E-state index contributed by atoms with van der Waals surface area (Å²) in [6.07, 6.45) is 6.26. The highest BCUT2D eigenvalue weighted by Gasteiger charge is 2.36. The Morgan fingerprint density at radius 1 is 1.41 bits per heavy atom. The Morgan fingerprint density at radius 3 is 3.00 bits per heavy atom. The van der Waals surface area contributed by atoms with E-state index in [1.807, 2.05) is 13.8 Å². The van der Waals surface area contributed by atoms with E-state index in [1.54, 1.807) is 11.8 Å². The number of nitrogens with one attached hydrogen (secondary N) is 1. The van der Waals surface area contributed by atoms with Crippen LogP contribution in [0.3, 0.4) is 0 Å². The second-order valence-electron chi connectivity index (χ2n) is 9.43. The summed E-state index contributed by atoms with van der Waals surface area (Å²) in [5.74, 6) is 0.522. The van der Waals surface area contributed by atoms with Gasteiger partial charge in [0.1, 0.15) is 10.5 Å². The number of hydrogen-bond donors (Lipinski definition) is 2. The smallest absolute Gasteiger partial charge is 0.354 e. The lowest BCUT2D eigenvalue weighted by Gasteiger charge is -2.19. The third kappa shape index (κ3) is 3.60. The number of benzene rings is 1. The van der Waals surface area contributed by atoms with Gasteiger partial charge in [0.15, 0.2) is 9.92 Å². The van der Waals surface area contributed by atoms with Gasteiger partial charge in [-0.2, -0.15) is 5.10 Å². The largest absolute Gasteiger partial charge is 0.469 e. The number of rotatable bonds is 4. The van der Waals surface area contributed by atoms with Crippen LogP contribution in [-0.2, 0) is 40.5 Å². The molecule has 5 rings (SSSR count). The fraction of sp³-hybridized carbons (Fsp3) is 0.545. The fourth-order valence-corrected chi connectivity index (χ4v) is 6.20. The first-order chi connectivity index (χ1) is 15.2. The SMILES string of the molecule is COC[C@@H]1CCc2cc3c(c(NC(=O)N=[S@@](N)(=O)c4cnn5c4OC(C)(C)C5)c21)CCC3. The molecule has 2 aromatic rings. The number of carbonyl (C=O) groups is 1. The standard InChI is InChI=1S/C22H29N5O4S/c1-22(2)12-27-20(31-22)17(10-24-27)32(23,29)26-21(28)25-19-16-6-4-5-13(16)9-14-7-8-15(11-30-3)18(14)19/h9-10,15H,4-8,11-12H2,1-3H3,(H3,23,25,26,28,29)/t15-,32+/m0/s1. The first-order valence-electron chi connectivity index (χ1n) is 11.0. The number of nitrogens with two attached hydrogens (primary N) is 1. The average Bonchev–Trinajstić information content (AvgIpc) is 3.44. The number of aryl methyl sites for hydroxylation is 2. The Morgan fingerprint density at radius 2 is 2.22 bits per heavy atom. The minimum absolute atomic E-state index is 0.138. The Kier molecular flexibility index (Phi) is 5.06. The number of amides is 2. The molecule has 1 aliphatic heterocycles. The van der Waals surface area contributed by atoms with Crippen LogP contribution in [0.5, 0.6) is 5.88 Å². The van der Waals surface area contributed by atoms with Crippen LogP contribution < -0.4 is 15.2 Å². The molecule has 1 aromatic carbocycles. The average molecular weight is 460 g/mol. The molecule has 172 valence electrons. The maximum Gasteiger partial charge on any atom is 0.354 e. The van der Waals surface area contributed by atoms with Crippen molar-refractivity contribution in [2.75, 3.05) is 19.0 Å². The van der Waals surface area contributed by atoms with E-state index in [-0.39, 0.29) is 10.8 Å². The van der Waals surface area contributed by atoms with Crippen molar-refractivity contribution in [2.24, 2.45) is 9.50 Å². The van der Waals surface area contributed by atoms with Gasteiger partial charge in [0.2, 0.25) is 5.88 Å². The van der Waals surface area contributed by atoms with Gasteiger partial charge >= 0.3 is 6.03 Å². The van der Waals surface area contributed by atoms with Crippen molar-refractivity contribution in [1.82, 2.24) is 9.78 Å². The van der Waals surface area contributed by atoms with Crippen molar-refractivity contribution >= 4 is 21.6 Å². The summed E-state index contributed by atoms with van der Waals surface area (Å²) < 4.78 is 30.0. The zero-order valence-corrected chi connectivity index (χ0v) is 19.5. The lowest BCUT2D eigenvalue weighted by atomic mass is 9.94. The number of ether oxygens (including phenoxy) is 2. The highest BCUT2D eigenvalue weighted by atomic mass is 32.2. The summed E-state index contributed by atoms with van der Waals surface area (Å²) in [6, 6.07) is 1.56.